The van der Waals surface area contributed by atoms with Crippen LogP contribution in [-0.4, -0.2) is 27.6 Å². The highest BCUT2D eigenvalue weighted by Crippen LogP contribution is 2.21. The summed E-state index contributed by atoms with van der Waals surface area (Å²) in [7, 11) is 1.38. The molecule has 5 nitrogen and oxygen atoms in total. The molecule has 0 aliphatic rings. The van der Waals surface area contributed by atoms with Gasteiger partial charge in [-0.25, -0.2) is 14.8 Å². The van der Waals surface area contributed by atoms with Crippen molar-refractivity contribution in [3.05, 3.63) is 24.3 Å². The van der Waals surface area contributed by atoms with Crippen LogP contribution in [0.25, 0.3) is 11.0 Å². The van der Waals surface area contributed by atoms with Crippen LogP contribution in [0.4, 0.5) is 0 Å². The van der Waals surface area contributed by atoms with Gasteiger partial charge < -0.3 is 9.30 Å². The third kappa shape index (κ3) is 2.50. The van der Waals surface area contributed by atoms with Gasteiger partial charge in [0.05, 0.1) is 7.11 Å². The minimum atomic E-state index is -0.379. The number of fused-ring (bicyclic) bond motifs is 1. The zero-order valence-corrected chi connectivity index (χ0v) is 11.5. The summed E-state index contributed by atoms with van der Waals surface area (Å²) in [6, 6.07) is -0.379. The summed E-state index contributed by atoms with van der Waals surface area (Å²) in [4.78, 5) is 19.6. The van der Waals surface area contributed by atoms with Gasteiger partial charge in [-0.2, -0.15) is 0 Å². The minimum Gasteiger partial charge on any atom is -0.467 e. The van der Waals surface area contributed by atoms with E-state index < -0.39 is 0 Å². The van der Waals surface area contributed by atoms with Gasteiger partial charge in [0.1, 0.15) is 18.0 Å². The fourth-order valence-electron chi connectivity index (χ4n) is 1.73. The van der Waals surface area contributed by atoms with Gasteiger partial charge in [0, 0.05) is 17.8 Å². The molecule has 1 unspecified atom stereocenters. The summed E-state index contributed by atoms with van der Waals surface area (Å²) in [5.74, 6) is -0.282. The molecular weight excluding hydrogens is 230 g/mol. The average Bonchev–Trinajstić information content (AvgIpc) is 2.77. The number of ether oxygens (including phenoxy) is 1. The molecule has 98 valence electrons. The van der Waals surface area contributed by atoms with Crippen LogP contribution in [-0.2, 0) is 9.53 Å². The molecule has 0 aliphatic carbocycles. The van der Waals surface area contributed by atoms with Gasteiger partial charge in [-0.3, -0.25) is 0 Å². The lowest BCUT2D eigenvalue weighted by molar-refractivity contribution is -0.143. The topological polar surface area (TPSA) is 57.0 Å². The highest BCUT2D eigenvalue weighted by molar-refractivity contribution is 5.82. The number of carbonyl (C=O) groups excluding carboxylic acids is 1. The maximum atomic E-state index is 11.5. The van der Waals surface area contributed by atoms with Crippen molar-refractivity contribution in [2.45, 2.75) is 33.7 Å². The fourth-order valence-corrected chi connectivity index (χ4v) is 1.73. The van der Waals surface area contributed by atoms with Crippen molar-refractivity contribution in [1.82, 2.24) is 14.5 Å². The summed E-state index contributed by atoms with van der Waals surface area (Å²) >= 11 is 0. The first kappa shape index (κ1) is 14.2. The smallest absolute Gasteiger partial charge is 0.328 e. The molecule has 2 heterocycles. The Morgan fingerprint density at radius 2 is 2.11 bits per heavy atom. The maximum Gasteiger partial charge on any atom is 0.328 e. The molecule has 18 heavy (non-hydrogen) atoms. The van der Waals surface area contributed by atoms with E-state index in [1.807, 2.05) is 27.0 Å². The molecule has 2 aromatic rings. The lowest BCUT2D eigenvalue weighted by Gasteiger charge is -2.11. The van der Waals surface area contributed by atoms with Crippen LogP contribution in [0.15, 0.2) is 18.7 Å². The number of nitrogens with zero attached hydrogens (tertiary/aromatic N) is 3. The first-order chi connectivity index (χ1) is 8.65. The van der Waals surface area contributed by atoms with Crippen LogP contribution in [0.5, 0.6) is 0 Å². The zero-order valence-electron chi connectivity index (χ0n) is 11.5. The lowest BCUT2D eigenvalue weighted by atomic mass is 10.3. The Kier molecular flexibility index (Phi) is 4.83. The number of esters is 1. The molecule has 0 saturated carbocycles. The van der Waals surface area contributed by atoms with Crippen LogP contribution >= 0.6 is 0 Å². The third-order valence-electron chi connectivity index (χ3n) is 2.65. The minimum absolute atomic E-state index is 0.282. The first-order valence-electron chi connectivity index (χ1n) is 6.00. The van der Waals surface area contributed by atoms with E-state index in [2.05, 4.69) is 9.97 Å². The predicted molar refractivity (Wildman–Crippen MR) is 70.3 cm³/mol. The SMILES string of the molecule is CC.COC(=O)C(C)n1cc(C)c2cncnc21. The van der Waals surface area contributed by atoms with E-state index in [0.29, 0.717) is 0 Å². The highest BCUT2D eigenvalue weighted by Gasteiger charge is 2.18. The molecule has 0 aliphatic heterocycles. The maximum absolute atomic E-state index is 11.5. The summed E-state index contributed by atoms with van der Waals surface area (Å²) < 4.78 is 6.53. The Balaban J connectivity index is 0.000000771. The van der Waals surface area contributed by atoms with E-state index in [9.17, 15) is 4.79 Å². The number of aromatic nitrogens is 3. The first-order valence-corrected chi connectivity index (χ1v) is 6.00. The quantitative estimate of drug-likeness (QED) is 0.767. The van der Waals surface area contributed by atoms with E-state index in [0.717, 1.165) is 16.6 Å². The Morgan fingerprint density at radius 1 is 1.44 bits per heavy atom. The van der Waals surface area contributed by atoms with E-state index in [1.54, 1.807) is 17.7 Å². The van der Waals surface area contributed by atoms with Crippen LogP contribution in [0.1, 0.15) is 32.4 Å². The summed E-state index contributed by atoms with van der Waals surface area (Å²) in [6.07, 6.45) is 5.11. The van der Waals surface area contributed by atoms with Crippen molar-refractivity contribution >= 4 is 17.0 Å². The molecule has 0 bridgehead atoms. The van der Waals surface area contributed by atoms with E-state index in [4.69, 9.17) is 4.74 Å². The number of hydrogen-bond acceptors (Lipinski definition) is 4. The molecule has 2 rings (SSSR count). The lowest BCUT2D eigenvalue weighted by Crippen LogP contribution is -2.17. The van der Waals surface area contributed by atoms with Gasteiger partial charge in [-0.05, 0) is 19.4 Å². The second-order valence-electron chi connectivity index (χ2n) is 3.68. The fraction of sp³-hybridized carbons (Fsp3) is 0.462. The number of hydrogen-bond donors (Lipinski definition) is 0. The normalized spacial score (nSPS) is 11.6. The van der Waals surface area contributed by atoms with E-state index in [-0.39, 0.29) is 12.0 Å². The molecular formula is C13H19N3O2. The van der Waals surface area contributed by atoms with Gasteiger partial charge in [0.25, 0.3) is 0 Å². The van der Waals surface area contributed by atoms with Crippen LogP contribution < -0.4 is 0 Å². The van der Waals surface area contributed by atoms with Crippen molar-refractivity contribution in [1.29, 1.82) is 0 Å². The molecule has 0 N–H and O–H groups in total. The molecule has 1 atom stereocenters. The van der Waals surface area contributed by atoms with Gasteiger partial charge in [-0.15, -0.1) is 0 Å². The van der Waals surface area contributed by atoms with Crippen molar-refractivity contribution in [3.63, 3.8) is 0 Å². The number of methoxy groups -OCH3 is 1. The van der Waals surface area contributed by atoms with Gasteiger partial charge in [-0.1, -0.05) is 13.8 Å². The Labute approximate surface area is 107 Å². The molecule has 0 radical (unpaired) electrons. The monoisotopic (exact) mass is 249 g/mol. The van der Waals surface area contributed by atoms with Crippen molar-refractivity contribution in [2.75, 3.05) is 7.11 Å². The van der Waals surface area contributed by atoms with E-state index in [1.165, 1.54) is 13.4 Å². The molecule has 2 aromatic heterocycles. The largest absolute Gasteiger partial charge is 0.467 e. The summed E-state index contributed by atoms with van der Waals surface area (Å²) in [5, 5.41) is 0.957. The second kappa shape index (κ2) is 6.14. The van der Waals surface area contributed by atoms with Crippen molar-refractivity contribution in [2.24, 2.45) is 0 Å². The third-order valence-corrected chi connectivity index (χ3v) is 2.65. The highest BCUT2D eigenvalue weighted by atomic mass is 16.5. The van der Waals surface area contributed by atoms with Crippen LogP contribution in [0.3, 0.4) is 0 Å². The van der Waals surface area contributed by atoms with Gasteiger partial charge in [0.2, 0.25) is 0 Å². The Bertz CT molecular complexity index is 534. The Morgan fingerprint density at radius 3 is 2.72 bits per heavy atom. The van der Waals surface area contributed by atoms with E-state index >= 15 is 0 Å². The molecule has 0 aromatic carbocycles. The van der Waals surface area contributed by atoms with Crippen LogP contribution in [0, 0.1) is 6.92 Å². The molecule has 0 amide bonds. The van der Waals surface area contributed by atoms with Gasteiger partial charge in [0.15, 0.2) is 0 Å². The number of rotatable bonds is 2. The zero-order chi connectivity index (χ0) is 13.7. The number of carbonyl (C=O) groups is 1. The summed E-state index contributed by atoms with van der Waals surface area (Å²) in [6.45, 7) is 7.75. The Hall–Kier alpha value is -1.91. The number of aryl methyl sites for hydroxylation is 1. The average molecular weight is 249 g/mol. The van der Waals surface area contributed by atoms with Gasteiger partial charge >= 0.3 is 5.97 Å². The van der Waals surface area contributed by atoms with Crippen molar-refractivity contribution in [3.8, 4) is 0 Å². The molecule has 0 saturated heterocycles. The molecule has 0 spiro atoms. The molecule has 0 fully saturated rings. The summed E-state index contributed by atoms with van der Waals surface area (Å²) in [5.41, 5.74) is 1.80. The predicted octanol–water partition coefficient (Wildman–Crippen LogP) is 2.50. The van der Waals surface area contributed by atoms with Crippen LogP contribution in [0.2, 0.25) is 0 Å². The standard InChI is InChI=1S/C11H13N3O2.C2H6/c1-7-5-14(8(2)11(15)16-3)10-9(7)4-12-6-13-10;1-2/h4-6,8H,1-3H3;1-2H3. The van der Waals surface area contributed by atoms with Crippen molar-refractivity contribution < 1.29 is 9.53 Å². The second-order valence-corrected chi connectivity index (χ2v) is 3.68. The molecule has 5 heteroatoms.